The van der Waals surface area contributed by atoms with E-state index in [4.69, 9.17) is 5.84 Å². The minimum Gasteiger partial charge on any atom is -0.466 e. The van der Waals surface area contributed by atoms with E-state index in [1.54, 1.807) is 13.8 Å². The highest BCUT2D eigenvalue weighted by Gasteiger charge is 2.17. The van der Waals surface area contributed by atoms with Gasteiger partial charge in [-0.1, -0.05) is 0 Å². The molecule has 0 bridgehead atoms. The Morgan fingerprint density at radius 1 is 1.21 bits per heavy atom. The number of hydrogen-bond acceptors (Lipinski definition) is 6. The maximum atomic E-state index is 11.1. The van der Waals surface area contributed by atoms with Crippen molar-refractivity contribution in [2.24, 2.45) is 10.9 Å². The molecule has 0 aliphatic heterocycles. The Bertz CT molecular complexity index is 237. The van der Waals surface area contributed by atoms with E-state index in [0.29, 0.717) is 0 Å². The van der Waals surface area contributed by atoms with Crippen molar-refractivity contribution >= 4 is 17.7 Å². The molecule has 2 N–H and O–H groups in total. The second kappa shape index (κ2) is 6.88. The molecule has 0 aromatic carbocycles. The fourth-order valence-electron chi connectivity index (χ4n) is 0.734. The minimum atomic E-state index is -0.692. The topological polar surface area (TPSA) is 91.0 Å². The van der Waals surface area contributed by atoms with Crippen LogP contribution in [0.3, 0.4) is 0 Å². The number of hydrazone groups is 1. The largest absolute Gasteiger partial charge is 0.466 e. The first kappa shape index (κ1) is 12.4. The third kappa shape index (κ3) is 4.44. The minimum absolute atomic E-state index is 0.134. The first-order valence-electron chi connectivity index (χ1n) is 4.25. The molecular formula is C8H14N2O4. The lowest BCUT2D eigenvalue weighted by molar-refractivity contribution is -0.143. The van der Waals surface area contributed by atoms with Gasteiger partial charge in [0, 0.05) is 0 Å². The van der Waals surface area contributed by atoms with Crippen LogP contribution in [0, 0.1) is 0 Å². The monoisotopic (exact) mass is 202 g/mol. The number of hydrogen-bond donors (Lipinski definition) is 1. The zero-order valence-corrected chi connectivity index (χ0v) is 8.28. The van der Waals surface area contributed by atoms with Gasteiger partial charge in [-0.3, -0.25) is 4.79 Å². The quantitative estimate of drug-likeness (QED) is 0.289. The Kier molecular flexibility index (Phi) is 6.09. The molecule has 0 atom stereocenters. The van der Waals surface area contributed by atoms with Crippen molar-refractivity contribution in [2.45, 2.75) is 20.3 Å². The van der Waals surface area contributed by atoms with E-state index in [2.05, 4.69) is 14.6 Å². The van der Waals surface area contributed by atoms with Crippen molar-refractivity contribution < 1.29 is 19.1 Å². The van der Waals surface area contributed by atoms with E-state index in [1.807, 2.05) is 0 Å². The van der Waals surface area contributed by atoms with Gasteiger partial charge in [0.1, 0.15) is 0 Å². The zero-order chi connectivity index (χ0) is 11.0. The summed E-state index contributed by atoms with van der Waals surface area (Å²) in [5, 5.41) is 3.17. The van der Waals surface area contributed by atoms with Gasteiger partial charge in [-0.2, -0.15) is 5.10 Å². The summed E-state index contributed by atoms with van der Waals surface area (Å²) in [7, 11) is 0. The van der Waals surface area contributed by atoms with Crippen LogP contribution in [0.2, 0.25) is 0 Å². The summed E-state index contributed by atoms with van der Waals surface area (Å²) in [5.74, 6) is 3.68. The SMILES string of the molecule is CCOC(=O)C/C(=N\N)C(=O)OCC. The van der Waals surface area contributed by atoms with Crippen LogP contribution in [0.25, 0.3) is 0 Å². The third-order valence-electron chi connectivity index (χ3n) is 1.28. The number of ether oxygens (including phenoxy) is 2. The Morgan fingerprint density at radius 2 is 1.79 bits per heavy atom. The van der Waals surface area contributed by atoms with E-state index in [0.717, 1.165) is 0 Å². The summed E-state index contributed by atoms with van der Waals surface area (Å²) in [4.78, 5) is 22.0. The van der Waals surface area contributed by atoms with Crippen molar-refractivity contribution in [3.8, 4) is 0 Å². The van der Waals surface area contributed by atoms with Crippen LogP contribution in [0.1, 0.15) is 20.3 Å². The van der Waals surface area contributed by atoms with Crippen LogP contribution in [-0.4, -0.2) is 30.9 Å². The molecule has 0 aromatic heterocycles. The normalized spacial score (nSPS) is 10.9. The van der Waals surface area contributed by atoms with Crippen LogP contribution in [-0.2, 0) is 19.1 Å². The third-order valence-corrected chi connectivity index (χ3v) is 1.28. The molecule has 0 amide bonds. The molecule has 80 valence electrons. The average molecular weight is 202 g/mol. The highest BCUT2D eigenvalue weighted by Crippen LogP contribution is 1.93. The lowest BCUT2D eigenvalue weighted by atomic mass is 10.3. The molecule has 6 nitrogen and oxygen atoms in total. The van der Waals surface area contributed by atoms with Gasteiger partial charge >= 0.3 is 11.9 Å². The average Bonchev–Trinajstić information content (AvgIpc) is 2.15. The van der Waals surface area contributed by atoms with Crippen LogP contribution >= 0.6 is 0 Å². The predicted molar refractivity (Wildman–Crippen MR) is 49.5 cm³/mol. The van der Waals surface area contributed by atoms with Crippen LogP contribution in [0.4, 0.5) is 0 Å². The Hall–Kier alpha value is -1.59. The Labute approximate surface area is 82.0 Å². The Balaban J connectivity index is 4.17. The fraction of sp³-hybridized carbons (Fsp3) is 0.625. The molecule has 14 heavy (non-hydrogen) atoms. The number of esters is 2. The predicted octanol–water partition coefficient (Wildman–Crippen LogP) is -0.183. The fourth-order valence-corrected chi connectivity index (χ4v) is 0.734. The molecular weight excluding hydrogens is 188 g/mol. The number of carbonyl (C=O) groups excluding carboxylic acids is 2. The smallest absolute Gasteiger partial charge is 0.355 e. The molecule has 0 radical (unpaired) electrons. The summed E-state index contributed by atoms with van der Waals surface area (Å²) in [6.45, 7) is 3.78. The van der Waals surface area contributed by atoms with Crippen molar-refractivity contribution in [3.63, 3.8) is 0 Å². The maximum absolute atomic E-state index is 11.1. The molecule has 0 spiro atoms. The van der Waals surface area contributed by atoms with Gasteiger partial charge in [0.05, 0.1) is 19.6 Å². The molecule has 6 heteroatoms. The molecule has 0 heterocycles. The second-order valence-electron chi connectivity index (χ2n) is 2.28. The van der Waals surface area contributed by atoms with Crippen molar-refractivity contribution in [3.05, 3.63) is 0 Å². The van der Waals surface area contributed by atoms with E-state index in [9.17, 15) is 9.59 Å². The Morgan fingerprint density at radius 3 is 2.21 bits per heavy atom. The standard InChI is InChI=1S/C8H14N2O4/c1-3-13-7(11)5-6(10-9)8(12)14-4-2/h3-5,9H2,1-2H3/b10-6+. The van der Waals surface area contributed by atoms with Gasteiger partial charge in [0.25, 0.3) is 0 Å². The van der Waals surface area contributed by atoms with Gasteiger partial charge in [0.15, 0.2) is 5.71 Å². The molecule has 0 rings (SSSR count). The molecule has 0 aromatic rings. The molecule has 0 fully saturated rings. The van der Waals surface area contributed by atoms with E-state index in [1.165, 1.54) is 0 Å². The number of nitrogens with zero attached hydrogens (tertiary/aromatic N) is 1. The summed E-state index contributed by atoms with van der Waals surface area (Å²) in [5.41, 5.74) is -0.134. The molecule has 0 saturated heterocycles. The molecule has 0 saturated carbocycles. The number of carbonyl (C=O) groups is 2. The second-order valence-corrected chi connectivity index (χ2v) is 2.28. The van der Waals surface area contributed by atoms with Crippen molar-refractivity contribution in [1.82, 2.24) is 0 Å². The van der Waals surface area contributed by atoms with Crippen LogP contribution in [0.15, 0.2) is 5.10 Å². The van der Waals surface area contributed by atoms with Crippen LogP contribution < -0.4 is 5.84 Å². The van der Waals surface area contributed by atoms with Gasteiger partial charge < -0.3 is 15.3 Å². The van der Waals surface area contributed by atoms with Gasteiger partial charge in [0.2, 0.25) is 0 Å². The number of rotatable bonds is 5. The summed E-state index contributed by atoms with van der Waals surface area (Å²) < 4.78 is 9.24. The summed E-state index contributed by atoms with van der Waals surface area (Å²) in [6.07, 6.45) is -0.261. The van der Waals surface area contributed by atoms with Gasteiger partial charge in [-0.25, -0.2) is 4.79 Å². The molecule has 0 unspecified atom stereocenters. The lowest BCUT2D eigenvalue weighted by Gasteiger charge is -2.04. The van der Waals surface area contributed by atoms with Crippen molar-refractivity contribution in [1.29, 1.82) is 0 Å². The van der Waals surface area contributed by atoms with Gasteiger partial charge in [-0.15, -0.1) is 0 Å². The maximum Gasteiger partial charge on any atom is 0.355 e. The van der Waals surface area contributed by atoms with E-state index >= 15 is 0 Å². The zero-order valence-electron chi connectivity index (χ0n) is 8.28. The highest BCUT2D eigenvalue weighted by molar-refractivity contribution is 6.39. The lowest BCUT2D eigenvalue weighted by Crippen LogP contribution is -2.23. The van der Waals surface area contributed by atoms with Gasteiger partial charge in [-0.05, 0) is 13.8 Å². The van der Waals surface area contributed by atoms with Crippen molar-refractivity contribution in [2.75, 3.05) is 13.2 Å². The summed E-state index contributed by atoms with van der Waals surface area (Å²) >= 11 is 0. The van der Waals surface area contributed by atoms with E-state index < -0.39 is 11.9 Å². The number of nitrogens with two attached hydrogens (primary N) is 1. The first-order chi connectivity index (χ1) is 6.65. The van der Waals surface area contributed by atoms with E-state index in [-0.39, 0.29) is 25.3 Å². The van der Waals surface area contributed by atoms with Crippen LogP contribution in [0.5, 0.6) is 0 Å². The first-order valence-corrected chi connectivity index (χ1v) is 4.25. The summed E-state index contributed by atoms with van der Waals surface area (Å²) in [6, 6.07) is 0. The highest BCUT2D eigenvalue weighted by atomic mass is 16.5. The molecule has 0 aliphatic carbocycles. The molecule has 0 aliphatic rings.